The third-order valence-electron chi connectivity index (χ3n) is 6.16. The van der Waals surface area contributed by atoms with Gasteiger partial charge in [-0.2, -0.15) is 5.10 Å². The third-order valence-corrected chi connectivity index (χ3v) is 7.63. The van der Waals surface area contributed by atoms with Crippen molar-refractivity contribution in [3.8, 4) is 11.3 Å². The average molecular weight is 473 g/mol. The van der Waals surface area contributed by atoms with Gasteiger partial charge in [0, 0.05) is 12.6 Å². The highest BCUT2D eigenvalue weighted by atomic mass is 32.2. The van der Waals surface area contributed by atoms with Crippen LogP contribution in [-0.2, 0) is 10.0 Å². The molecule has 9 heteroatoms. The number of nitrogens with zero attached hydrogens (tertiary/aromatic N) is 2. The topological polar surface area (TPSA) is 92.6 Å². The normalized spacial score (nSPS) is 15.0. The number of carbonyl (C=O) groups excluding carboxylic acids is 1. The van der Waals surface area contributed by atoms with Crippen molar-refractivity contribution in [2.45, 2.75) is 51.4 Å². The van der Waals surface area contributed by atoms with Crippen molar-refractivity contribution in [2.75, 3.05) is 17.5 Å². The fourth-order valence-electron chi connectivity index (χ4n) is 4.59. The molecule has 1 saturated carbocycles. The summed E-state index contributed by atoms with van der Waals surface area (Å²) in [6.45, 7) is 1.82. The van der Waals surface area contributed by atoms with E-state index in [1.807, 2.05) is 13.0 Å². The molecule has 0 unspecified atom stereocenters. The molecular weight excluding hydrogens is 443 g/mol. The summed E-state index contributed by atoms with van der Waals surface area (Å²) in [7, 11) is -1.96. The van der Waals surface area contributed by atoms with Crippen molar-refractivity contribution in [3.63, 3.8) is 0 Å². The zero-order valence-electron chi connectivity index (χ0n) is 18.9. The number of aromatic nitrogens is 2. The smallest absolute Gasteiger partial charge is 0.255 e. The molecule has 0 bridgehead atoms. The molecule has 7 nitrogen and oxygen atoms in total. The summed E-state index contributed by atoms with van der Waals surface area (Å²) in [5.41, 5.74) is 3.37. The maximum atomic E-state index is 13.5. The Bertz CT molecular complexity index is 1260. The number of carbonyl (C=O) groups is 1. The fraction of sp³-hybridized carbons (Fsp3) is 0.417. The lowest BCUT2D eigenvalue weighted by molar-refractivity contribution is 0.0965. The molecular formula is C24H29FN4O3S. The van der Waals surface area contributed by atoms with Gasteiger partial charge in [-0.15, -0.1) is 0 Å². The Morgan fingerprint density at radius 2 is 1.88 bits per heavy atom. The maximum absolute atomic E-state index is 13.5. The first-order valence-electron chi connectivity index (χ1n) is 11.4. The lowest BCUT2D eigenvalue weighted by Crippen LogP contribution is -2.20. The van der Waals surface area contributed by atoms with Crippen LogP contribution in [0.3, 0.4) is 0 Å². The summed E-state index contributed by atoms with van der Waals surface area (Å²) in [4.78, 5) is 12.9. The number of benzene rings is 1. The average Bonchev–Trinajstić information content (AvgIpc) is 3.17. The summed E-state index contributed by atoms with van der Waals surface area (Å²) in [5.74, 6) is -0.460. The Labute approximate surface area is 193 Å². The number of hydrogen-bond acceptors (Lipinski definition) is 4. The molecule has 1 fully saturated rings. The quantitative estimate of drug-likeness (QED) is 0.521. The maximum Gasteiger partial charge on any atom is 0.255 e. The van der Waals surface area contributed by atoms with Crippen LogP contribution in [0.25, 0.3) is 16.8 Å². The first-order valence-corrected chi connectivity index (χ1v) is 13.0. The van der Waals surface area contributed by atoms with E-state index in [9.17, 15) is 17.6 Å². The van der Waals surface area contributed by atoms with Gasteiger partial charge in [-0.1, -0.05) is 26.2 Å². The molecule has 1 amide bonds. The van der Waals surface area contributed by atoms with Gasteiger partial charge in [0.1, 0.15) is 11.5 Å². The van der Waals surface area contributed by atoms with Gasteiger partial charge in [-0.25, -0.2) is 17.3 Å². The van der Waals surface area contributed by atoms with E-state index in [0.717, 1.165) is 31.2 Å². The Morgan fingerprint density at radius 1 is 1.18 bits per heavy atom. The van der Waals surface area contributed by atoms with Crippen LogP contribution < -0.4 is 10.0 Å². The Morgan fingerprint density at radius 3 is 2.52 bits per heavy atom. The number of sulfonamides is 1. The fourth-order valence-corrected chi connectivity index (χ4v) is 5.73. The van der Waals surface area contributed by atoms with Crippen molar-refractivity contribution in [1.29, 1.82) is 0 Å². The van der Waals surface area contributed by atoms with Crippen LogP contribution in [0.15, 0.2) is 36.5 Å². The Hall–Kier alpha value is -2.94. The summed E-state index contributed by atoms with van der Waals surface area (Å²) >= 11 is 0. The summed E-state index contributed by atoms with van der Waals surface area (Å²) in [5, 5.41) is 7.27. The number of fused-ring (bicyclic) bond motifs is 1. The first-order chi connectivity index (χ1) is 15.8. The molecule has 3 aromatic rings. The highest BCUT2D eigenvalue weighted by Crippen LogP contribution is 2.39. The predicted octanol–water partition coefficient (Wildman–Crippen LogP) is 4.70. The number of nitrogens with one attached hydrogen (secondary N) is 2. The van der Waals surface area contributed by atoms with Crippen LogP contribution in [0, 0.1) is 5.82 Å². The van der Waals surface area contributed by atoms with E-state index in [0.29, 0.717) is 34.4 Å². The van der Waals surface area contributed by atoms with Crippen LogP contribution in [-0.4, -0.2) is 36.7 Å². The molecule has 0 spiro atoms. The van der Waals surface area contributed by atoms with Crippen LogP contribution in [0.4, 0.5) is 10.1 Å². The number of hydrogen-bond donors (Lipinski definition) is 2. The molecule has 2 N–H and O–H groups in total. The number of anilines is 1. The molecule has 1 aromatic carbocycles. The van der Waals surface area contributed by atoms with E-state index in [1.54, 1.807) is 29.9 Å². The minimum absolute atomic E-state index is 0.0264. The van der Waals surface area contributed by atoms with Gasteiger partial charge in [0.2, 0.25) is 10.0 Å². The van der Waals surface area contributed by atoms with Crippen molar-refractivity contribution < 1.29 is 17.6 Å². The number of rotatable bonds is 7. The van der Waals surface area contributed by atoms with Crippen molar-refractivity contribution >= 4 is 27.1 Å². The van der Waals surface area contributed by atoms with Gasteiger partial charge in [0.25, 0.3) is 5.91 Å². The molecule has 33 heavy (non-hydrogen) atoms. The number of amides is 1. The number of halogens is 1. The van der Waals surface area contributed by atoms with Crippen molar-refractivity contribution in [2.24, 2.45) is 0 Å². The second-order valence-electron chi connectivity index (χ2n) is 8.54. The summed E-state index contributed by atoms with van der Waals surface area (Å²) in [6, 6.07) is 7.70. The van der Waals surface area contributed by atoms with E-state index < -0.39 is 10.0 Å². The van der Waals surface area contributed by atoms with Crippen LogP contribution in [0.5, 0.6) is 0 Å². The second-order valence-corrected chi connectivity index (χ2v) is 10.4. The van der Waals surface area contributed by atoms with E-state index in [1.165, 1.54) is 18.6 Å². The molecule has 4 rings (SSSR count). The summed E-state index contributed by atoms with van der Waals surface area (Å²) < 4.78 is 43.0. The molecule has 2 heterocycles. The van der Waals surface area contributed by atoms with Crippen LogP contribution in [0.1, 0.15) is 67.3 Å². The minimum Gasteiger partial charge on any atom is -0.355 e. The van der Waals surface area contributed by atoms with Crippen molar-refractivity contribution in [3.05, 3.63) is 53.5 Å². The molecule has 176 valence electrons. The third kappa shape index (κ3) is 4.88. The largest absolute Gasteiger partial charge is 0.355 e. The van der Waals surface area contributed by atoms with Gasteiger partial charge in [-0.3, -0.25) is 9.52 Å². The lowest BCUT2D eigenvalue weighted by Gasteiger charge is -2.25. The SMILES string of the molecule is CCCS(=O)(=O)Nc1cn2nc(-c3ccc(F)cc3)c(C(=O)NC)c2cc1C1CCCCC1. The Balaban J connectivity index is 1.93. The molecule has 0 radical (unpaired) electrons. The van der Waals surface area contributed by atoms with E-state index in [-0.39, 0.29) is 23.4 Å². The van der Waals surface area contributed by atoms with Gasteiger partial charge < -0.3 is 5.32 Å². The van der Waals surface area contributed by atoms with E-state index >= 15 is 0 Å². The van der Waals surface area contributed by atoms with Gasteiger partial charge >= 0.3 is 0 Å². The van der Waals surface area contributed by atoms with Gasteiger partial charge in [0.15, 0.2) is 0 Å². The lowest BCUT2D eigenvalue weighted by atomic mass is 9.83. The van der Waals surface area contributed by atoms with Crippen LogP contribution >= 0.6 is 0 Å². The first kappa shape index (κ1) is 23.2. The molecule has 2 aromatic heterocycles. The highest BCUT2D eigenvalue weighted by molar-refractivity contribution is 7.92. The number of pyridine rings is 1. The van der Waals surface area contributed by atoms with E-state index in [2.05, 4.69) is 15.1 Å². The van der Waals surface area contributed by atoms with Gasteiger partial charge in [-0.05, 0) is 61.1 Å². The molecule has 0 saturated heterocycles. The van der Waals surface area contributed by atoms with Gasteiger partial charge in [0.05, 0.1) is 28.7 Å². The zero-order chi connectivity index (χ0) is 23.6. The predicted molar refractivity (Wildman–Crippen MR) is 128 cm³/mol. The monoisotopic (exact) mass is 472 g/mol. The van der Waals surface area contributed by atoms with Crippen molar-refractivity contribution in [1.82, 2.24) is 14.9 Å². The zero-order valence-corrected chi connectivity index (χ0v) is 19.7. The standard InChI is InChI=1S/C24H29FN4O3S/c1-3-13-33(31,32)28-20-15-29-21(14-19(20)16-7-5-4-6-8-16)22(24(30)26-2)23(27-29)17-9-11-18(25)12-10-17/h9-12,14-16,28H,3-8,13H2,1-2H3,(H,26,30). The van der Waals surface area contributed by atoms with Crippen LogP contribution in [0.2, 0.25) is 0 Å². The molecule has 1 aliphatic carbocycles. The Kier molecular flexibility index (Phi) is 6.69. The van der Waals surface area contributed by atoms with E-state index in [4.69, 9.17) is 0 Å². The molecule has 1 aliphatic rings. The molecule has 0 aliphatic heterocycles. The molecule has 0 atom stereocenters. The summed E-state index contributed by atoms with van der Waals surface area (Å²) in [6.07, 6.45) is 7.43. The highest BCUT2D eigenvalue weighted by Gasteiger charge is 2.26. The minimum atomic E-state index is -3.51. The second kappa shape index (κ2) is 9.51.